The van der Waals surface area contributed by atoms with E-state index in [4.69, 9.17) is 11.5 Å². The quantitative estimate of drug-likeness (QED) is 0.114. The van der Waals surface area contributed by atoms with Crippen LogP contribution < -0.4 is 11.5 Å². The van der Waals surface area contributed by atoms with Gasteiger partial charge in [-0.2, -0.15) is 79.0 Å². The van der Waals surface area contributed by atoms with Crippen molar-refractivity contribution in [1.29, 1.82) is 0 Å². The van der Waals surface area contributed by atoms with Crippen LogP contribution in [0.5, 0.6) is 0 Å². The lowest BCUT2D eigenvalue weighted by Crippen LogP contribution is -2.56. The topological polar surface area (TPSA) is 113 Å². The van der Waals surface area contributed by atoms with E-state index in [-0.39, 0.29) is 18.2 Å². The zero-order valence-electron chi connectivity index (χ0n) is 21.2. The van der Waals surface area contributed by atoms with Crippen LogP contribution in [0.4, 0.5) is 90.4 Å². The van der Waals surface area contributed by atoms with E-state index in [0.717, 1.165) is 0 Å². The van der Waals surface area contributed by atoms with Gasteiger partial charge >= 0.3 is 37.1 Å². The van der Waals surface area contributed by atoms with Gasteiger partial charge in [0.2, 0.25) is 0 Å². The van der Waals surface area contributed by atoms with E-state index in [0.29, 0.717) is 0 Å². The first-order chi connectivity index (χ1) is 20.1. The first-order valence-electron chi connectivity index (χ1n) is 11.3. The number of halogens is 18. The van der Waals surface area contributed by atoms with Crippen molar-refractivity contribution in [3.63, 3.8) is 0 Å². The highest BCUT2D eigenvalue weighted by Crippen LogP contribution is 2.59. The molecule has 0 fully saturated rings. The number of anilines is 2. The Labute approximate surface area is 240 Å². The van der Waals surface area contributed by atoms with E-state index < -0.39 is 116 Å². The van der Waals surface area contributed by atoms with E-state index in [9.17, 15) is 94.3 Å². The summed E-state index contributed by atoms with van der Waals surface area (Å²) in [6.45, 7) is 0. The van der Waals surface area contributed by atoms with Gasteiger partial charge in [-0.25, -0.2) is 0 Å². The van der Waals surface area contributed by atoms with Crippen molar-refractivity contribution >= 4 is 32.9 Å². The molecule has 0 bridgehead atoms. The van der Waals surface area contributed by atoms with Gasteiger partial charge in [0.25, 0.3) is 16.8 Å². The highest BCUT2D eigenvalue weighted by atomic mass is 19.4. The van der Waals surface area contributed by atoms with Gasteiger partial charge in [-0.15, -0.1) is 0 Å². The van der Waals surface area contributed by atoms with Crippen molar-refractivity contribution in [2.75, 3.05) is 11.5 Å². The molecular formula is C23H12F18N2O3. The molecule has 0 aliphatic heterocycles. The highest BCUT2D eigenvalue weighted by Gasteiger charge is 2.76. The van der Waals surface area contributed by atoms with Crippen LogP contribution >= 0.6 is 0 Å². The number of benzene rings is 3. The van der Waals surface area contributed by atoms with Crippen molar-refractivity contribution in [1.82, 2.24) is 0 Å². The molecule has 46 heavy (non-hydrogen) atoms. The zero-order chi connectivity index (χ0) is 36.2. The minimum absolute atomic E-state index is 0.0549. The van der Waals surface area contributed by atoms with E-state index in [1.54, 1.807) is 0 Å². The van der Waals surface area contributed by atoms with Crippen molar-refractivity contribution in [2.45, 2.75) is 53.9 Å². The van der Waals surface area contributed by atoms with E-state index >= 15 is 0 Å². The molecule has 7 N–H and O–H groups in total. The van der Waals surface area contributed by atoms with Crippen LogP contribution in [0.1, 0.15) is 16.7 Å². The molecule has 0 atom stereocenters. The normalized spacial score (nSPS) is 15.2. The largest absolute Gasteiger partial charge is 0.430 e. The molecule has 0 amide bonds. The number of rotatable bonds is 3. The van der Waals surface area contributed by atoms with E-state index in [2.05, 4.69) is 0 Å². The molecule has 3 aromatic rings. The second-order valence-electron chi connectivity index (χ2n) is 9.62. The van der Waals surface area contributed by atoms with Gasteiger partial charge in [0.1, 0.15) is 0 Å². The number of nitrogen functional groups attached to an aromatic ring is 2. The third-order valence-electron chi connectivity index (χ3n) is 6.98. The monoisotopic (exact) mass is 706 g/mol. The molecule has 0 saturated carbocycles. The summed E-state index contributed by atoms with van der Waals surface area (Å²) in [5, 5.41) is 21.9. The average Bonchev–Trinajstić information content (AvgIpc) is 2.83. The fourth-order valence-electron chi connectivity index (χ4n) is 4.70. The number of fused-ring (bicyclic) bond motifs is 3. The van der Waals surface area contributed by atoms with E-state index in [1.807, 2.05) is 0 Å². The van der Waals surface area contributed by atoms with Gasteiger partial charge in [0, 0.05) is 38.8 Å². The second kappa shape index (κ2) is 9.95. The molecule has 0 unspecified atom stereocenters. The smallest absolute Gasteiger partial charge is 0.398 e. The Morgan fingerprint density at radius 3 is 1.07 bits per heavy atom. The molecule has 5 nitrogen and oxygen atoms in total. The fraction of sp³-hybridized carbons (Fsp3) is 0.391. The molecule has 0 aliphatic carbocycles. The summed E-state index contributed by atoms with van der Waals surface area (Å²) in [6.07, 6.45) is -42.7. The number of hydrogen-bond donors (Lipinski definition) is 5. The van der Waals surface area contributed by atoms with Gasteiger partial charge in [-0.3, -0.25) is 0 Å². The van der Waals surface area contributed by atoms with Crippen LogP contribution in [0.3, 0.4) is 0 Å². The first-order valence-corrected chi connectivity index (χ1v) is 11.3. The summed E-state index contributed by atoms with van der Waals surface area (Å²) < 4.78 is 250. The second-order valence-corrected chi connectivity index (χ2v) is 9.62. The molecule has 0 heterocycles. The van der Waals surface area contributed by atoms with Crippen LogP contribution in [0.15, 0.2) is 30.3 Å². The zero-order valence-corrected chi connectivity index (χ0v) is 21.2. The Balaban J connectivity index is 2.98. The van der Waals surface area contributed by atoms with Crippen molar-refractivity contribution < 1.29 is 94.3 Å². The minimum atomic E-state index is -7.28. The van der Waals surface area contributed by atoms with Crippen LogP contribution in [0.2, 0.25) is 0 Å². The van der Waals surface area contributed by atoms with Crippen molar-refractivity contribution in [2.24, 2.45) is 0 Å². The Morgan fingerprint density at radius 2 is 0.696 bits per heavy atom. The van der Waals surface area contributed by atoms with Crippen LogP contribution in [-0.4, -0.2) is 52.4 Å². The molecule has 258 valence electrons. The van der Waals surface area contributed by atoms with Gasteiger partial charge < -0.3 is 26.8 Å². The Kier molecular flexibility index (Phi) is 7.98. The molecule has 0 saturated heterocycles. The average molecular weight is 706 g/mol. The third-order valence-corrected chi connectivity index (χ3v) is 6.98. The fourth-order valence-corrected chi connectivity index (χ4v) is 4.70. The van der Waals surface area contributed by atoms with Crippen LogP contribution in [-0.2, 0) is 16.8 Å². The van der Waals surface area contributed by atoms with Crippen LogP contribution in [0.25, 0.3) is 21.5 Å². The van der Waals surface area contributed by atoms with Gasteiger partial charge in [-0.1, -0.05) is 18.2 Å². The third kappa shape index (κ3) is 4.79. The number of alkyl halides is 18. The maximum Gasteiger partial charge on any atom is 0.430 e. The van der Waals surface area contributed by atoms with E-state index in [1.165, 1.54) is 0 Å². The Hall–Kier alpha value is -3.60. The SMILES string of the molecule is Nc1ccc(C(O)(C(F)(F)F)C(F)(F)F)c2c1ccc1c(N)c(C(O)(C(F)(F)F)C(F)(F)F)cc(C(O)(C(F)(F)F)C(F)(F)F)c12. The van der Waals surface area contributed by atoms with Crippen molar-refractivity contribution in [3.05, 3.63) is 47.0 Å². The Morgan fingerprint density at radius 1 is 0.391 bits per heavy atom. The molecule has 23 heteroatoms. The highest BCUT2D eigenvalue weighted by molar-refractivity contribution is 6.17. The minimum Gasteiger partial charge on any atom is -0.398 e. The summed E-state index contributed by atoms with van der Waals surface area (Å²) in [7, 11) is 0. The lowest BCUT2D eigenvalue weighted by atomic mass is 9.77. The maximum absolute atomic E-state index is 14.1. The standard InChI is InChI=1S/C23H12F18N2O3/c24-18(25,26)15(44,19(27,28)29)8-3-4-11(42)6-1-2-7-13(12(6)8)9(16(45,20(30,31)32)21(33,34)35)5-10(14(7)43)17(46,22(36,37)38)23(39,40)41/h1-5,44-46H,42-43H2. The summed E-state index contributed by atoms with van der Waals surface area (Å²) in [4.78, 5) is 0. The summed E-state index contributed by atoms with van der Waals surface area (Å²) in [6, 6.07) is -1.68. The van der Waals surface area contributed by atoms with Crippen LogP contribution in [0, 0.1) is 0 Å². The van der Waals surface area contributed by atoms with Gasteiger partial charge in [-0.05, 0) is 22.9 Å². The molecular weight excluding hydrogens is 694 g/mol. The molecule has 3 rings (SSSR count). The Bertz CT molecular complexity index is 1640. The summed E-state index contributed by atoms with van der Waals surface area (Å²) in [5.74, 6) is 0. The first kappa shape index (κ1) is 36.9. The summed E-state index contributed by atoms with van der Waals surface area (Å²) in [5.41, 5.74) is -21.2. The molecule has 0 aromatic heterocycles. The lowest BCUT2D eigenvalue weighted by molar-refractivity contribution is -0.378. The number of nitrogens with two attached hydrogens (primary N) is 2. The number of aliphatic hydroxyl groups is 3. The lowest BCUT2D eigenvalue weighted by Gasteiger charge is -2.38. The van der Waals surface area contributed by atoms with Gasteiger partial charge in [0.15, 0.2) is 0 Å². The maximum atomic E-state index is 14.1. The molecule has 0 aliphatic rings. The molecule has 0 radical (unpaired) electrons. The molecule has 0 spiro atoms. The summed E-state index contributed by atoms with van der Waals surface area (Å²) >= 11 is 0. The number of hydrogen-bond acceptors (Lipinski definition) is 5. The van der Waals surface area contributed by atoms with Crippen molar-refractivity contribution in [3.8, 4) is 0 Å². The predicted molar refractivity (Wildman–Crippen MR) is 118 cm³/mol. The predicted octanol–water partition coefficient (Wildman–Crippen LogP) is 7.09. The molecule has 3 aromatic carbocycles. The van der Waals surface area contributed by atoms with Gasteiger partial charge in [0.05, 0.1) is 0 Å².